The van der Waals surface area contributed by atoms with Crippen molar-refractivity contribution in [2.45, 2.75) is 26.8 Å². The standard InChI is InChI=1S/C17H22FN3S.HI/c1-3-19-17(20-9-8-15-5-4-10-22-15)21-12-14-6-7-16(18)13(2)11-14;/h4-7,10-11H,3,8-9,12H2,1-2H3,(H2,19,20,21);1H. The first kappa shape index (κ1) is 19.9. The Labute approximate surface area is 158 Å². The Morgan fingerprint density at radius 1 is 1.26 bits per heavy atom. The predicted molar refractivity (Wildman–Crippen MR) is 107 cm³/mol. The molecule has 0 aliphatic carbocycles. The maximum Gasteiger partial charge on any atom is 0.191 e. The van der Waals surface area contributed by atoms with Gasteiger partial charge in [0.05, 0.1) is 6.54 Å². The zero-order chi connectivity index (χ0) is 15.8. The van der Waals surface area contributed by atoms with Gasteiger partial charge in [-0.25, -0.2) is 9.38 Å². The molecule has 0 atom stereocenters. The Morgan fingerprint density at radius 2 is 2.09 bits per heavy atom. The van der Waals surface area contributed by atoms with E-state index < -0.39 is 0 Å². The zero-order valence-electron chi connectivity index (χ0n) is 13.4. The number of halogens is 2. The molecule has 0 amide bonds. The van der Waals surface area contributed by atoms with Gasteiger partial charge in [0.25, 0.3) is 0 Å². The molecule has 0 aliphatic heterocycles. The minimum atomic E-state index is -0.172. The summed E-state index contributed by atoms with van der Waals surface area (Å²) < 4.78 is 13.3. The topological polar surface area (TPSA) is 36.4 Å². The van der Waals surface area contributed by atoms with Crippen LogP contribution in [0.3, 0.4) is 0 Å². The monoisotopic (exact) mass is 447 g/mol. The summed E-state index contributed by atoms with van der Waals surface area (Å²) in [7, 11) is 0. The van der Waals surface area contributed by atoms with Crippen molar-refractivity contribution in [2.24, 2.45) is 4.99 Å². The summed E-state index contributed by atoms with van der Waals surface area (Å²) in [5, 5.41) is 8.64. The van der Waals surface area contributed by atoms with E-state index in [1.165, 1.54) is 10.9 Å². The van der Waals surface area contributed by atoms with Gasteiger partial charge >= 0.3 is 0 Å². The second-order valence-electron chi connectivity index (χ2n) is 5.03. The molecule has 0 saturated carbocycles. The van der Waals surface area contributed by atoms with E-state index >= 15 is 0 Å². The van der Waals surface area contributed by atoms with Gasteiger partial charge in [-0.1, -0.05) is 18.2 Å². The van der Waals surface area contributed by atoms with Crippen molar-refractivity contribution in [3.05, 3.63) is 57.5 Å². The first-order valence-corrected chi connectivity index (χ1v) is 8.36. The maximum absolute atomic E-state index is 13.3. The van der Waals surface area contributed by atoms with Gasteiger partial charge in [0.15, 0.2) is 5.96 Å². The number of aryl methyl sites for hydroxylation is 1. The van der Waals surface area contributed by atoms with Gasteiger partial charge in [0, 0.05) is 18.0 Å². The number of benzene rings is 1. The number of guanidine groups is 1. The van der Waals surface area contributed by atoms with Gasteiger partial charge in [-0.05, 0) is 48.9 Å². The van der Waals surface area contributed by atoms with Crippen molar-refractivity contribution < 1.29 is 4.39 Å². The molecule has 23 heavy (non-hydrogen) atoms. The second-order valence-corrected chi connectivity index (χ2v) is 6.07. The van der Waals surface area contributed by atoms with E-state index in [4.69, 9.17) is 0 Å². The third kappa shape index (κ3) is 6.87. The Kier molecular flexibility index (Phi) is 9.16. The van der Waals surface area contributed by atoms with Crippen molar-refractivity contribution in [3.63, 3.8) is 0 Å². The Morgan fingerprint density at radius 3 is 2.74 bits per heavy atom. The number of thiophene rings is 1. The number of aliphatic imine (C=N–C) groups is 1. The smallest absolute Gasteiger partial charge is 0.191 e. The lowest BCUT2D eigenvalue weighted by Gasteiger charge is -2.11. The highest BCUT2D eigenvalue weighted by molar-refractivity contribution is 14.0. The lowest BCUT2D eigenvalue weighted by Crippen LogP contribution is -2.38. The van der Waals surface area contributed by atoms with Gasteiger partial charge in [0.1, 0.15) is 5.82 Å². The third-order valence-electron chi connectivity index (χ3n) is 3.23. The van der Waals surface area contributed by atoms with Crippen LogP contribution < -0.4 is 10.6 Å². The summed E-state index contributed by atoms with van der Waals surface area (Å²) >= 11 is 1.77. The first-order valence-electron chi connectivity index (χ1n) is 7.48. The highest BCUT2D eigenvalue weighted by Crippen LogP contribution is 2.10. The van der Waals surface area contributed by atoms with E-state index in [1.807, 2.05) is 13.0 Å². The van der Waals surface area contributed by atoms with Crippen LogP contribution in [0.1, 0.15) is 22.9 Å². The van der Waals surface area contributed by atoms with Gasteiger partial charge in [-0.3, -0.25) is 0 Å². The van der Waals surface area contributed by atoms with E-state index in [9.17, 15) is 4.39 Å². The minimum Gasteiger partial charge on any atom is -0.357 e. The molecule has 0 aliphatic rings. The van der Waals surface area contributed by atoms with Crippen LogP contribution in [-0.4, -0.2) is 19.0 Å². The van der Waals surface area contributed by atoms with Crippen LogP contribution in [0.5, 0.6) is 0 Å². The summed E-state index contributed by atoms with van der Waals surface area (Å²) in [5.41, 5.74) is 1.66. The van der Waals surface area contributed by atoms with Gasteiger partial charge in [-0.15, -0.1) is 35.3 Å². The molecule has 0 bridgehead atoms. The average molecular weight is 447 g/mol. The van der Waals surface area contributed by atoms with Crippen molar-refractivity contribution in [3.8, 4) is 0 Å². The van der Waals surface area contributed by atoms with Crippen LogP contribution in [0.25, 0.3) is 0 Å². The van der Waals surface area contributed by atoms with Crippen LogP contribution in [0.4, 0.5) is 4.39 Å². The number of rotatable bonds is 6. The molecule has 2 rings (SSSR count). The van der Waals surface area contributed by atoms with Gasteiger partial charge in [0.2, 0.25) is 0 Å². The fourth-order valence-electron chi connectivity index (χ4n) is 2.08. The summed E-state index contributed by atoms with van der Waals surface area (Å²) in [4.78, 5) is 5.91. The van der Waals surface area contributed by atoms with E-state index in [-0.39, 0.29) is 29.8 Å². The van der Waals surface area contributed by atoms with Gasteiger partial charge in [-0.2, -0.15) is 0 Å². The van der Waals surface area contributed by atoms with Crippen molar-refractivity contribution in [1.82, 2.24) is 10.6 Å². The van der Waals surface area contributed by atoms with E-state index in [0.717, 1.165) is 31.0 Å². The molecular weight excluding hydrogens is 424 g/mol. The fourth-order valence-corrected chi connectivity index (χ4v) is 2.79. The lowest BCUT2D eigenvalue weighted by atomic mass is 10.1. The molecule has 2 N–H and O–H groups in total. The van der Waals surface area contributed by atoms with Crippen LogP contribution in [-0.2, 0) is 13.0 Å². The second kappa shape index (κ2) is 10.6. The number of nitrogens with zero attached hydrogens (tertiary/aromatic N) is 1. The normalized spacial score (nSPS) is 11.0. The Bertz CT molecular complexity index is 614. The van der Waals surface area contributed by atoms with Crippen LogP contribution in [0.15, 0.2) is 40.7 Å². The molecule has 2 aromatic rings. The van der Waals surface area contributed by atoms with E-state index in [2.05, 4.69) is 33.1 Å². The summed E-state index contributed by atoms with van der Waals surface area (Å²) in [6.45, 7) is 6.00. The quantitative estimate of drug-likeness (QED) is 0.397. The van der Waals surface area contributed by atoms with E-state index in [1.54, 1.807) is 24.3 Å². The highest BCUT2D eigenvalue weighted by Gasteiger charge is 2.01. The number of nitrogens with one attached hydrogen (secondary N) is 2. The van der Waals surface area contributed by atoms with E-state index in [0.29, 0.717) is 12.1 Å². The Balaban J connectivity index is 0.00000264. The van der Waals surface area contributed by atoms with Crippen molar-refractivity contribution >= 4 is 41.3 Å². The molecule has 0 fully saturated rings. The highest BCUT2D eigenvalue weighted by atomic mass is 127. The molecule has 1 aromatic heterocycles. The number of hydrogen-bond acceptors (Lipinski definition) is 2. The minimum absolute atomic E-state index is 0. The molecular formula is C17H23FIN3S. The molecule has 0 radical (unpaired) electrons. The summed E-state index contributed by atoms with van der Waals surface area (Å²) in [6.07, 6.45) is 0.984. The summed E-state index contributed by atoms with van der Waals surface area (Å²) in [5.74, 6) is 0.620. The molecule has 3 nitrogen and oxygen atoms in total. The maximum atomic E-state index is 13.3. The summed E-state index contributed by atoms with van der Waals surface area (Å²) in [6, 6.07) is 9.32. The average Bonchev–Trinajstić information content (AvgIpc) is 3.01. The van der Waals surface area contributed by atoms with Crippen molar-refractivity contribution in [2.75, 3.05) is 13.1 Å². The zero-order valence-corrected chi connectivity index (χ0v) is 16.6. The lowest BCUT2D eigenvalue weighted by molar-refractivity contribution is 0.617. The predicted octanol–water partition coefficient (Wildman–Crippen LogP) is 4.11. The van der Waals surface area contributed by atoms with Crippen LogP contribution >= 0.6 is 35.3 Å². The number of hydrogen-bond donors (Lipinski definition) is 2. The molecule has 1 aromatic carbocycles. The molecule has 126 valence electrons. The molecule has 1 heterocycles. The molecule has 6 heteroatoms. The van der Waals surface area contributed by atoms with Crippen molar-refractivity contribution in [1.29, 1.82) is 0 Å². The molecule has 0 unspecified atom stereocenters. The SMILES string of the molecule is CCNC(=NCc1ccc(F)c(C)c1)NCCc1cccs1.I. The largest absolute Gasteiger partial charge is 0.357 e. The first-order chi connectivity index (χ1) is 10.7. The Hall–Kier alpha value is -1.15. The fraction of sp³-hybridized carbons (Fsp3) is 0.353. The molecule has 0 saturated heterocycles. The van der Waals surface area contributed by atoms with Crippen LogP contribution in [0, 0.1) is 12.7 Å². The third-order valence-corrected chi connectivity index (χ3v) is 4.17. The molecule has 0 spiro atoms. The van der Waals surface area contributed by atoms with Crippen LogP contribution in [0.2, 0.25) is 0 Å². The van der Waals surface area contributed by atoms with Gasteiger partial charge < -0.3 is 10.6 Å².